The van der Waals surface area contributed by atoms with E-state index in [-0.39, 0.29) is 13.2 Å². The van der Waals surface area contributed by atoms with Crippen LogP contribution in [0.15, 0.2) is 0 Å². The maximum Gasteiger partial charge on any atom is 0.190 e. The van der Waals surface area contributed by atoms with Crippen molar-refractivity contribution in [2.24, 2.45) is 0 Å². The second kappa shape index (κ2) is 8.12. The monoisotopic (exact) mass is 340 g/mol. The summed E-state index contributed by atoms with van der Waals surface area (Å²) in [5, 5.41) is 49.1. The Balaban J connectivity index is 2.06. The van der Waals surface area contributed by atoms with Gasteiger partial charge in [-0.1, -0.05) is 0 Å². The Kier molecular flexibility index (Phi) is 6.68. The predicted molar refractivity (Wildman–Crippen MR) is 72.2 cm³/mol. The van der Waals surface area contributed by atoms with Crippen LogP contribution in [0, 0.1) is 0 Å². The zero-order valence-corrected chi connectivity index (χ0v) is 12.9. The Morgan fingerprint density at radius 1 is 0.913 bits per heavy atom. The first-order valence-corrected chi connectivity index (χ1v) is 7.25. The summed E-state index contributed by atoms with van der Waals surface area (Å²) in [4.78, 5) is 0. The third-order valence-corrected chi connectivity index (χ3v) is 3.97. The van der Waals surface area contributed by atoms with E-state index in [4.69, 9.17) is 23.7 Å². The second-order valence-corrected chi connectivity index (χ2v) is 5.57. The molecule has 5 N–H and O–H groups in total. The van der Waals surface area contributed by atoms with Gasteiger partial charge in [0.2, 0.25) is 0 Å². The molecule has 0 spiro atoms. The Labute approximate surface area is 133 Å². The third kappa shape index (κ3) is 3.99. The standard InChI is InChI=1S/C13H24O10/c1-19-4-6-8(16)9(17)11(20-2)13(22-6)23-12-10(18)7(15)5(14)3-21-12/h5-18H,3-4H2,1-2H3/t5-,6+,7+,8+,9-,10+,11-,12-,13-/m0/s1. The lowest BCUT2D eigenvalue weighted by Crippen LogP contribution is -2.62. The number of aliphatic hydroxyl groups excluding tert-OH is 5. The van der Waals surface area contributed by atoms with Crippen LogP contribution in [0.2, 0.25) is 0 Å². The molecular weight excluding hydrogens is 316 g/mol. The Hall–Kier alpha value is -0.400. The van der Waals surface area contributed by atoms with E-state index in [0.717, 1.165) is 0 Å². The van der Waals surface area contributed by atoms with Crippen LogP contribution in [0.25, 0.3) is 0 Å². The van der Waals surface area contributed by atoms with Crippen LogP contribution in [0.3, 0.4) is 0 Å². The van der Waals surface area contributed by atoms with Crippen molar-refractivity contribution in [1.29, 1.82) is 0 Å². The topological polar surface area (TPSA) is 147 Å². The van der Waals surface area contributed by atoms with Crippen molar-refractivity contribution in [2.45, 2.75) is 55.3 Å². The summed E-state index contributed by atoms with van der Waals surface area (Å²) in [5.41, 5.74) is 0. The lowest BCUT2D eigenvalue weighted by Gasteiger charge is -2.44. The SMILES string of the molecule is COC[C@H]1O[C@@H](O[C@@H]2OC[C@H](O)[C@@H](O)[C@H]2O)[C@@H](OC)[C@@H](O)[C@@H]1O. The number of ether oxygens (including phenoxy) is 5. The summed E-state index contributed by atoms with van der Waals surface area (Å²) < 4.78 is 26.1. The van der Waals surface area contributed by atoms with Gasteiger partial charge in [0.25, 0.3) is 0 Å². The Bertz CT molecular complexity index is 367. The van der Waals surface area contributed by atoms with E-state index in [1.54, 1.807) is 0 Å². The molecule has 9 atom stereocenters. The van der Waals surface area contributed by atoms with Gasteiger partial charge in [0, 0.05) is 14.2 Å². The van der Waals surface area contributed by atoms with Gasteiger partial charge in [-0.05, 0) is 0 Å². The summed E-state index contributed by atoms with van der Waals surface area (Å²) in [6.07, 6.45) is -11.1. The predicted octanol–water partition coefficient (Wildman–Crippen LogP) is -3.45. The first-order valence-electron chi connectivity index (χ1n) is 7.25. The van der Waals surface area contributed by atoms with Crippen molar-refractivity contribution in [3.63, 3.8) is 0 Å². The quantitative estimate of drug-likeness (QED) is 0.342. The lowest BCUT2D eigenvalue weighted by molar-refractivity contribution is -0.367. The molecule has 0 amide bonds. The molecule has 2 aliphatic heterocycles. The highest BCUT2D eigenvalue weighted by molar-refractivity contribution is 4.91. The number of hydrogen-bond donors (Lipinski definition) is 5. The number of rotatable bonds is 5. The molecule has 2 rings (SSSR count). The molecule has 0 aliphatic carbocycles. The van der Waals surface area contributed by atoms with Crippen molar-refractivity contribution in [3.8, 4) is 0 Å². The van der Waals surface area contributed by atoms with E-state index < -0.39 is 55.3 Å². The lowest BCUT2D eigenvalue weighted by atomic mass is 9.99. The van der Waals surface area contributed by atoms with Gasteiger partial charge < -0.3 is 49.2 Å². The molecule has 0 bridgehead atoms. The molecule has 2 aliphatic rings. The van der Waals surface area contributed by atoms with E-state index in [9.17, 15) is 25.5 Å². The van der Waals surface area contributed by atoms with Gasteiger partial charge in [-0.3, -0.25) is 0 Å². The first kappa shape index (κ1) is 18.9. The fourth-order valence-corrected chi connectivity index (χ4v) is 2.60. The van der Waals surface area contributed by atoms with Crippen molar-refractivity contribution in [3.05, 3.63) is 0 Å². The van der Waals surface area contributed by atoms with E-state index >= 15 is 0 Å². The largest absolute Gasteiger partial charge is 0.388 e. The minimum atomic E-state index is -1.51. The summed E-state index contributed by atoms with van der Waals surface area (Å²) in [5.74, 6) is 0. The van der Waals surface area contributed by atoms with Crippen LogP contribution in [0.1, 0.15) is 0 Å². The number of hydrogen-bond acceptors (Lipinski definition) is 10. The fraction of sp³-hybridized carbons (Fsp3) is 1.00. The number of methoxy groups -OCH3 is 2. The van der Waals surface area contributed by atoms with Crippen molar-refractivity contribution in [2.75, 3.05) is 27.4 Å². The molecule has 0 radical (unpaired) electrons. The van der Waals surface area contributed by atoms with E-state index in [0.29, 0.717) is 0 Å². The van der Waals surface area contributed by atoms with Crippen LogP contribution in [0.4, 0.5) is 0 Å². The summed E-state index contributed by atoms with van der Waals surface area (Å²) >= 11 is 0. The summed E-state index contributed by atoms with van der Waals surface area (Å²) in [6, 6.07) is 0. The highest BCUT2D eigenvalue weighted by Crippen LogP contribution is 2.27. The van der Waals surface area contributed by atoms with Gasteiger partial charge in [0.05, 0.1) is 13.2 Å². The second-order valence-electron chi connectivity index (χ2n) is 5.57. The van der Waals surface area contributed by atoms with Crippen LogP contribution < -0.4 is 0 Å². The molecule has 2 heterocycles. The van der Waals surface area contributed by atoms with Crippen LogP contribution in [-0.4, -0.2) is 108 Å². The van der Waals surface area contributed by atoms with Gasteiger partial charge in [-0.2, -0.15) is 0 Å². The molecule has 0 unspecified atom stereocenters. The average molecular weight is 340 g/mol. The first-order chi connectivity index (χ1) is 10.9. The highest BCUT2D eigenvalue weighted by atomic mass is 16.8. The third-order valence-electron chi connectivity index (χ3n) is 3.97. The van der Waals surface area contributed by atoms with Crippen LogP contribution in [0.5, 0.6) is 0 Å². The number of aliphatic hydroxyl groups is 5. The minimum absolute atomic E-state index is 0.00391. The van der Waals surface area contributed by atoms with Gasteiger partial charge >= 0.3 is 0 Å². The molecule has 0 saturated carbocycles. The van der Waals surface area contributed by atoms with Crippen LogP contribution >= 0.6 is 0 Å². The van der Waals surface area contributed by atoms with Crippen molar-refractivity contribution >= 4 is 0 Å². The molecule has 0 aromatic rings. The highest BCUT2D eigenvalue weighted by Gasteiger charge is 2.48. The smallest absolute Gasteiger partial charge is 0.190 e. The molecule has 23 heavy (non-hydrogen) atoms. The van der Waals surface area contributed by atoms with Gasteiger partial charge in [0.15, 0.2) is 12.6 Å². The summed E-state index contributed by atoms with van der Waals surface area (Å²) in [6.45, 7) is -0.232. The van der Waals surface area contributed by atoms with E-state index in [2.05, 4.69) is 0 Å². The van der Waals surface area contributed by atoms with E-state index in [1.165, 1.54) is 14.2 Å². The normalized spacial score (nSPS) is 48.4. The molecule has 0 aromatic heterocycles. The summed E-state index contributed by atoms with van der Waals surface area (Å²) in [7, 11) is 2.71. The van der Waals surface area contributed by atoms with Crippen molar-refractivity contribution < 1.29 is 49.2 Å². The van der Waals surface area contributed by atoms with Gasteiger partial charge in [-0.15, -0.1) is 0 Å². The maximum atomic E-state index is 10.1. The van der Waals surface area contributed by atoms with E-state index in [1.807, 2.05) is 0 Å². The molecular formula is C13H24O10. The molecule has 10 heteroatoms. The molecule has 136 valence electrons. The Morgan fingerprint density at radius 3 is 2.22 bits per heavy atom. The fourth-order valence-electron chi connectivity index (χ4n) is 2.60. The molecule has 0 aromatic carbocycles. The zero-order valence-electron chi connectivity index (χ0n) is 12.9. The molecule has 10 nitrogen and oxygen atoms in total. The average Bonchev–Trinajstić information content (AvgIpc) is 2.53. The molecule has 2 fully saturated rings. The zero-order chi connectivity index (χ0) is 17.1. The Morgan fingerprint density at radius 2 is 1.61 bits per heavy atom. The van der Waals surface area contributed by atoms with Gasteiger partial charge in [-0.25, -0.2) is 0 Å². The van der Waals surface area contributed by atoms with Crippen molar-refractivity contribution in [1.82, 2.24) is 0 Å². The minimum Gasteiger partial charge on any atom is -0.388 e. The maximum absolute atomic E-state index is 10.1. The molecule has 2 saturated heterocycles. The van der Waals surface area contributed by atoms with Gasteiger partial charge in [0.1, 0.15) is 42.7 Å². The van der Waals surface area contributed by atoms with Crippen LogP contribution in [-0.2, 0) is 23.7 Å².